The number of amides is 2. The molecule has 24 heavy (non-hydrogen) atoms. The van der Waals surface area contributed by atoms with Crippen LogP contribution < -0.4 is 5.32 Å². The van der Waals surface area contributed by atoms with E-state index in [9.17, 15) is 4.79 Å². The fourth-order valence-corrected chi connectivity index (χ4v) is 2.67. The minimum absolute atomic E-state index is 0.451. The standard InChI is InChI=1S/C18H18ClN3O2/c19-15-8-4-5-9-16(15)20-18(23)21-17(14-6-2-1-3-7-14)22-10-12-24-13-11-22/h1-9H,10-13H2,(H,20,23)/b21-17+. The number of hydrogen-bond donors (Lipinski definition) is 1. The molecule has 1 aliphatic heterocycles. The van der Waals surface area contributed by atoms with Crippen LogP contribution in [0.15, 0.2) is 59.6 Å². The number of nitrogens with one attached hydrogen (secondary N) is 1. The molecule has 1 saturated heterocycles. The molecule has 0 saturated carbocycles. The normalized spacial score (nSPS) is 15.2. The van der Waals surface area contributed by atoms with Crippen LogP contribution in [0.25, 0.3) is 0 Å². The molecule has 0 atom stereocenters. The molecule has 5 nitrogen and oxygen atoms in total. The van der Waals surface area contributed by atoms with Gasteiger partial charge < -0.3 is 15.0 Å². The van der Waals surface area contributed by atoms with Crippen molar-refractivity contribution >= 4 is 29.2 Å². The van der Waals surface area contributed by atoms with Crippen molar-refractivity contribution in [2.75, 3.05) is 31.6 Å². The Hall–Kier alpha value is -2.37. The number of halogens is 1. The average Bonchev–Trinajstić information content (AvgIpc) is 2.63. The first-order chi connectivity index (χ1) is 11.7. The van der Waals surface area contributed by atoms with E-state index in [1.54, 1.807) is 12.1 Å². The molecule has 6 heteroatoms. The number of aliphatic imine (C=N–C) groups is 1. The van der Waals surface area contributed by atoms with E-state index in [1.165, 1.54) is 0 Å². The van der Waals surface area contributed by atoms with Crippen LogP contribution in [-0.4, -0.2) is 43.1 Å². The van der Waals surface area contributed by atoms with Crippen LogP contribution in [0, 0.1) is 0 Å². The van der Waals surface area contributed by atoms with Gasteiger partial charge in [-0.3, -0.25) is 0 Å². The molecule has 2 aromatic carbocycles. The van der Waals surface area contributed by atoms with Gasteiger partial charge in [0.25, 0.3) is 0 Å². The third-order valence-corrected chi connectivity index (χ3v) is 4.00. The smallest absolute Gasteiger partial charge is 0.347 e. The first-order valence-corrected chi connectivity index (χ1v) is 8.14. The summed E-state index contributed by atoms with van der Waals surface area (Å²) in [6.07, 6.45) is 0. The van der Waals surface area contributed by atoms with Crippen molar-refractivity contribution in [2.45, 2.75) is 0 Å². The van der Waals surface area contributed by atoms with Gasteiger partial charge in [0.1, 0.15) is 5.84 Å². The number of morpholine rings is 1. The van der Waals surface area contributed by atoms with Crippen LogP contribution in [-0.2, 0) is 4.74 Å². The maximum atomic E-state index is 12.4. The number of para-hydroxylation sites is 1. The van der Waals surface area contributed by atoms with Gasteiger partial charge in [-0.05, 0) is 12.1 Å². The predicted molar refractivity (Wildman–Crippen MR) is 95.8 cm³/mol. The predicted octanol–water partition coefficient (Wildman–Crippen LogP) is 3.65. The number of anilines is 1. The summed E-state index contributed by atoms with van der Waals surface area (Å²) in [4.78, 5) is 18.7. The quantitative estimate of drug-likeness (QED) is 0.669. The van der Waals surface area contributed by atoms with E-state index in [0.717, 1.165) is 5.56 Å². The molecule has 2 aromatic rings. The second kappa shape index (κ2) is 7.95. The number of urea groups is 1. The molecular weight excluding hydrogens is 326 g/mol. The van der Waals surface area contributed by atoms with Gasteiger partial charge in [0.05, 0.1) is 23.9 Å². The maximum absolute atomic E-state index is 12.4. The lowest BCUT2D eigenvalue weighted by Gasteiger charge is -2.29. The Morgan fingerprint density at radius 1 is 1.04 bits per heavy atom. The number of nitrogens with zero attached hydrogens (tertiary/aromatic N) is 2. The molecule has 0 unspecified atom stereocenters. The van der Waals surface area contributed by atoms with Gasteiger partial charge in [-0.25, -0.2) is 4.79 Å². The average molecular weight is 344 g/mol. The summed E-state index contributed by atoms with van der Waals surface area (Å²) >= 11 is 6.08. The van der Waals surface area contributed by atoms with Crippen LogP contribution in [0.5, 0.6) is 0 Å². The lowest BCUT2D eigenvalue weighted by atomic mass is 10.2. The third kappa shape index (κ3) is 4.13. The number of carbonyl (C=O) groups excluding carboxylic acids is 1. The highest BCUT2D eigenvalue weighted by atomic mass is 35.5. The molecule has 1 N–H and O–H groups in total. The summed E-state index contributed by atoms with van der Waals surface area (Å²) in [5, 5.41) is 3.21. The second-order valence-corrected chi connectivity index (χ2v) is 5.72. The zero-order valence-corrected chi connectivity index (χ0v) is 13.9. The molecule has 0 aromatic heterocycles. The Morgan fingerprint density at radius 2 is 1.71 bits per heavy atom. The van der Waals surface area contributed by atoms with E-state index in [1.807, 2.05) is 42.5 Å². The Bertz CT molecular complexity index is 728. The Balaban J connectivity index is 1.85. The summed E-state index contributed by atoms with van der Waals surface area (Å²) in [6.45, 7) is 2.65. The van der Waals surface area contributed by atoms with Crippen molar-refractivity contribution in [3.05, 3.63) is 65.2 Å². The monoisotopic (exact) mass is 343 g/mol. The van der Waals surface area contributed by atoms with Gasteiger partial charge in [0.15, 0.2) is 0 Å². The molecule has 0 radical (unpaired) electrons. The van der Waals surface area contributed by atoms with Crippen LogP contribution in [0.4, 0.5) is 10.5 Å². The summed E-state index contributed by atoms with van der Waals surface area (Å²) in [7, 11) is 0. The molecule has 3 rings (SSSR count). The van der Waals surface area contributed by atoms with Crippen molar-refractivity contribution in [1.82, 2.24) is 4.90 Å². The van der Waals surface area contributed by atoms with Crippen molar-refractivity contribution in [3.8, 4) is 0 Å². The lowest BCUT2D eigenvalue weighted by Crippen LogP contribution is -2.41. The zero-order chi connectivity index (χ0) is 16.8. The highest BCUT2D eigenvalue weighted by Gasteiger charge is 2.18. The summed E-state index contributed by atoms with van der Waals surface area (Å²) in [6, 6.07) is 16.3. The van der Waals surface area contributed by atoms with Gasteiger partial charge >= 0.3 is 6.03 Å². The molecule has 1 fully saturated rings. The fraction of sp³-hybridized carbons (Fsp3) is 0.222. The summed E-state index contributed by atoms with van der Waals surface area (Å²) < 4.78 is 5.39. The molecule has 1 aliphatic rings. The van der Waals surface area contributed by atoms with Gasteiger partial charge in [-0.2, -0.15) is 4.99 Å². The largest absolute Gasteiger partial charge is 0.378 e. The number of rotatable bonds is 2. The van der Waals surface area contributed by atoms with E-state index in [4.69, 9.17) is 16.3 Å². The van der Waals surface area contributed by atoms with Gasteiger partial charge in [0.2, 0.25) is 0 Å². The van der Waals surface area contributed by atoms with Crippen LogP contribution in [0.2, 0.25) is 5.02 Å². The van der Waals surface area contributed by atoms with E-state index in [-0.39, 0.29) is 0 Å². The topological polar surface area (TPSA) is 53.9 Å². The van der Waals surface area contributed by atoms with E-state index >= 15 is 0 Å². The SMILES string of the molecule is O=C(/N=C(\c1ccccc1)N1CCOCC1)Nc1ccccc1Cl. The fourth-order valence-electron chi connectivity index (χ4n) is 2.48. The maximum Gasteiger partial charge on any atom is 0.347 e. The van der Waals surface area contributed by atoms with E-state index in [2.05, 4.69) is 15.2 Å². The van der Waals surface area contributed by atoms with Crippen molar-refractivity contribution < 1.29 is 9.53 Å². The minimum Gasteiger partial charge on any atom is -0.378 e. The zero-order valence-electron chi connectivity index (χ0n) is 13.1. The highest BCUT2D eigenvalue weighted by Crippen LogP contribution is 2.20. The minimum atomic E-state index is -0.451. The number of ether oxygens (including phenoxy) is 1. The summed E-state index contributed by atoms with van der Waals surface area (Å²) in [5.74, 6) is 0.642. The van der Waals surface area contributed by atoms with Crippen LogP contribution in [0.3, 0.4) is 0 Å². The number of hydrogen-bond acceptors (Lipinski definition) is 2. The molecule has 0 aliphatic carbocycles. The van der Waals surface area contributed by atoms with E-state index in [0.29, 0.717) is 42.8 Å². The van der Waals surface area contributed by atoms with Gasteiger partial charge in [0, 0.05) is 18.7 Å². The van der Waals surface area contributed by atoms with Crippen molar-refractivity contribution in [3.63, 3.8) is 0 Å². The van der Waals surface area contributed by atoms with Gasteiger partial charge in [-0.1, -0.05) is 54.1 Å². The van der Waals surface area contributed by atoms with E-state index < -0.39 is 6.03 Å². The first kappa shape index (κ1) is 16.5. The van der Waals surface area contributed by atoms with Crippen molar-refractivity contribution in [1.29, 1.82) is 0 Å². The Labute approximate surface area is 145 Å². The molecule has 1 heterocycles. The molecule has 2 amide bonds. The van der Waals surface area contributed by atoms with Crippen molar-refractivity contribution in [2.24, 2.45) is 4.99 Å². The van der Waals surface area contributed by atoms with Gasteiger partial charge in [-0.15, -0.1) is 0 Å². The Kier molecular flexibility index (Phi) is 5.46. The third-order valence-electron chi connectivity index (χ3n) is 3.67. The number of carbonyl (C=O) groups is 1. The second-order valence-electron chi connectivity index (χ2n) is 5.31. The lowest BCUT2D eigenvalue weighted by molar-refractivity contribution is 0.0682. The molecule has 124 valence electrons. The number of benzene rings is 2. The molecule has 0 spiro atoms. The summed E-state index contributed by atoms with van der Waals surface area (Å²) in [5.41, 5.74) is 1.44. The van der Waals surface area contributed by atoms with Crippen LogP contribution >= 0.6 is 11.6 Å². The Morgan fingerprint density at radius 3 is 2.42 bits per heavy atom. The first-order valence-electron chi connectivity index (χ1n) is 7.76. The number of amidine groups is 1. The van der Waals surface area contributed by atoms with Crippen LogP contribution in [0.1, 0.15) is 5.56 Å². The highest BCUT2D eigenvalue weighted by molar-refractivity contribution is 6.33. The molecule has 0 bridgehead atoms. The molecular formula is C18H18ClN3O2.